The van der Waals surface area contributed by atoms with Crippen molar-refractivity contribution in [1.29, 1.82) is 0 Å². The number of fused-ring (bicyclic) bond motifs is 1. The van der Waals surface area contributed by atoms with Gasteiger partial charge in [-0.15, -0.1) is 16.4 Å². The first-order valence-corrected chi connectivity index (χ1v) is 5.27. The molecule has 0 radical (unpaired) electrons. The molecular weight excluding hydrogens is 213 g/mol. The molecule has 3 rings (SSSR count). The van der Waals surface area contributed by atoms with Gasteiger partial charge in [-0.2, -0.15) is 4.39 Å². The fourth-order valence-corrected chi connectivity index (χ4v) is 2.16. The van der Waals surface area contributed by atoms with Crippen molar-refractivity contribution in [2.24, 2.45) is 0 Å². The first-order chi connectivity index (χ1) is 7.34. The second-order valence-electron chi connectivity index (χ2n) is 3.05. The van der Waals surface area contributed by atoms with Gasteiger partial charge in [0.2, 0.25) is 5.95 Å². The Hall–Kier alpha value is -1.75. The van der Waals surface area contributed by atoms with E-state index in [-0.39, 0.29) is 0 Å². The van der Waals surface area contributed by atoms with Crippen molar-refractivity contribution in [2.75, 3.05) is 0 Å². The summed E-state index contributed by atoms with van der Waals surface area (Å²) >= 11 is 1.58. The van der Waals surface area contributed by atoms with E-state index in [1.807, 2.05) is 17.5 Å². The molecule has 0 amide bonds. The molecule has 5 heteroatoms. The van der Waals surface area contributed by atoms with Gasteiger partial charge in [-0.1, -0.05) is 6.07 Å². The van der Waals surface area contributed by atoms with Gasteiger partial charge in [-0.3, -0.25) is 0 Å². The second-order valence-corrected chi connectivity index (χ2v) is 3.99. The van der Waals surface area contributed by atoms with Crippen LogP contribution in [0, 0.1) is 5.95 Å². The van der Waals surface area contributed by atoms with Gasteiger partial charge in [0.1, 0.15) is 5.69 Å². The highest BCUT2D eigenvalue weighted by molar-refractivity contribution is 7.13. The molecular formula is C10H6FN3S. The minimum absolute atomic E-state index is 0.502. The largest absolute Gasteiger partial charge is 0.235 e. The predicted molar refractivity (Wildman–Crippen MR) is 56.3 cm³/mol. The van der Waals surface area contributed by atoms with Gasteiger partial charge < -0.3 is 0 Å². The zero-order chi connectivity index (χ0) is 10.3. The van der Waals surface area contributed by atoms with Crippen LogP contribution in [0.1, 0.15) is 0 Å². The standard InChI is InChI=1S/C10H6FN3S/c11-9-3-4-10-12-6-7(14(10)13-9)8-2-1-5-15-8/h1-6H. The molecule has 0 bridgehead atoms. The van der Waals surface area contributed by atoms with Gasteiger partial charge in [0.15, 0.2) is 5.65 Å². The summed E-state index contributed by atoms with van der Waals surface area (Å²) in [6.45, 7) is 0. The molecule has 0 aromatic carbocycles. The first-order valence-electron chi connectivity index (χ1n) is 4.39. The van der Waals surface area contributed by atoms with Crippen LogP contribution in [-0.2, 0) is 0 Å². The van der Waals surface area contributed by atoms with E-state index in [1.165, 1.54) is 10.6 Å². The highest BCUT2D eigenvalue weighted by Crippen LogP contribution is 2.24. The third-order valence-corrected chi connectivity index (χ3v) is 3.00. The van der Waals surface area contributed by atoms with Crippen molar-refractivity contribution in [3.05, 3.63) is 41.8 Å². The average molecular weight is 219 g/mol. The predicted octanol–water partition coefficient (Wildman–Crippen LogP) is 2.60. The molecule has 0 N–H and O–H groups in total. The minimum Gasteiger partial charge on any atom is -0.235 e. The lowest BCUT2D eigenvalue weighted by Gasteiger charge is -1.96. The van der Waals surface area contributed by atoms with Gasteiger partial charge in [-0.25, -0.2) is 9.50 Å². The van der Waals surface area contributed by atoms with E-state index in [0.29, 0.717) is 5.65 Å². The van der Waals surface area contributed by atoms with E-state index in [2.05, 4.69) is 10.1 Å². The lowest BCUT2D eigenvalue weighted by Crippen LogP contribution is -1.95. The quantitative estimate of drug-likeness (QED) is 0.629. The van der Waals surface area contributed by atoms with E-state index >= 15 is 0 Å². The Kier molecular flexibility index (Phi) is 1.78. The number of rotatable bonds is 1. The number of nitrogens with zero attached hydrogens (tertiary/aromatic N) is 3. The molecule has 3 heterocycles. The monoisotopic (exact) mass is 219 g/mol. The van der Waals surface area contributed by atoms with E-state index < -0.39 is 5.95 Å². The highest BCUT2D eigenvalue weighted by atomic mass is 32.1. The van der Waals surface area contributed by atoms with Crippen LogP contribution in [0.3, 0.4) is 0 Å². The summed E-state index contributed by atoms with van der Waals surface area (Å²) in [5.74, 6) is -0.502. The number of hydrogen-bond donors (Lipinski definition) is 0. The maximum absolute atomic E-state index is 13.0. The number of hydrogen-bond acceptors (Lipinski definition) is 3. The normalized spacial score (nSPS) is 11.0. The summed E-state index contributed by atoms with van der Waals surface area (Å²) in [6, 6.07) is 6.82. The Morgan fingerprint density at radius 1 is 1.27 bits per heavy atom. The van der Waals surface area contributed by atoms with E-state index in [4.69, 9.17) is 0 Å². The third-order valence-electron chi connectivity index (χ3n) is 2.10. The summed E-state index contributed by atoms with van der Waals surface area (Å²) in [4.78, 5) is 5.18. The molecule has 3 aromatic rings. The number of thiophene rings is 1. The van der Waals surface area contributed by atoms with Crippen LogP contribution < -0.4 is 0 Å². The lowest BCUT2D eigenvalue weighted by atomic mass is 10.4. The van der Waals surface area contributed by atoms with Crippen LogP contribution >= 0.6 is 11.3 Å². The fraction of sp³-hybridized carbons (Fsp3) is 0. The van der Waals surface area contributed by atoms with Gasteiger partial charge in [0.05, 0.1) is 11.1 Å². The molecule has 0 aliphatic carbocycles. The Bertz CT molecular complexity index is 600. The summed E-state index contributed by atoms with van der Waals surface area (Å²) in [5.41, 5.74) is 1.47. The van der Waals surface area contributed by atoms with E-state index in [0.717, 1.165) is 10.6 Å². The zero-order valence-corrected chi connectivity index (χ0v) is 8.41. The smallest absolute Gasteiger partial charge is 0.231 e. The van der Waals surface area contributed by atoms with E-state index in [9.17, 15) is 4.39 Å². The van der Waals surface area contributed by atoms with Crippen LogP contribution in [0.25, 0.3) is 16.2 Å². The first kappa shape index (κ1) is 8.55. The highest BCUT2D eigenvalue weighted by Gasteiger charge is 2.07. The molecule has 0 fully saturated rings. The maximum atomic E-state index is 13.0. The molecule has 74 valence electrons. The molecule has 3 aromatic heterocycles. The third kappa shape index (κ3) is 1.32. The summed E-state index contributed by atoms with van der Waals surface area (Å²) < 4.78 is 14.5. The molecule has 0 atom stereocenters. The van der Waals surface area contributed by atoms with Crippen molar-refractivity contribution < 1.29 is 4.39 Å². The molecule has 0 saturated heterocycles. The van der Waals surface area contributed by atoms with Crippen LogP contribution in [0.5, 0.6) is 0 Å². The average Bonchev–Trinajstić information content (AvgIpc) is 2.83. The summed E-state index contributed by atoms with van der Waals surface area (Å²) in [6.07, 6.45) is 1.70. The Balaban J connectivity index is 2.32. The molecule has 0 spiro atoms. The molecule has 0 saturated carbocycles. The molecule has 3 nitrogen and oxygen atoms in total. The summed E-state index contributed by atoms with van der Waals surface area (Å²) in [7, 11) is 0. The maximum Gasteiger partial charge on any atom is 0.231 e. The van der Waals surface area contributed by atoms with Crippen molar-refractivity contribution in [2.45, 2.75) is 0 Å². The van der Waals surface area contributed by atoms with Crippen LogP contribution in [-0.4, -0.2) is 14.6 Å². The van der Waals surface area contributed by atoms with Crippen LogP contribution in [0.15, 0.2) is 35.8 Å². The minimum atomic E-state index is -0.502. The van der Waals surface area contributed by atoms with Crippen LogP contribution in [0.2, 0.25) is 0 Å². The SMILES string of the molecule is Fc1ccc2ncc(-c3cccs3)n2n1. The number of halogens is 1. The molecule has 0 unspecified atom stereocenters. The number of aromatic nitrogens is 3. The Morgan fingerprint density at radius 3 is 3.00 bits per heavy atom. The van der Waals surface area contributed by atoms with Crippen molar-refractivity contribution in [3.63, 3.8) is 0 Å². The van der Waals surface area contributed by atoms with Gasteiger partial charge >= 0.3 is 0 Å². The topological polar surface area (TPSA) is 30.2 Å². The zero-order valence-electron chi connectivity index (χ0n) is 7.59. The Labute approximate surface area is 88.8 Å². The van der Waals surface area contributed by atoms with Crippen molar-refractivity contribution >= 4 is 17.0 Å². The van der Waals surface area contributed by atoms with Gasteiger partial charge in [0.25, 0.3) is 0 Å². The van der Waals surface area contributed by atoms with Crippen LogP contribution in [0.4, 0.5) is 4.39 Å². The van der Waals surface area contributed by atoms with E-state index in [1.54, 1.807) is 23.6 Å². The molecule has 15 heavy (non-hydrogen) atoms. The fourth-order valence-electron chi connectivity index (χ4n) is 1.44. The number of imidazole rings is 1. The Morgan fingerprint density at radius 2 is 2.20 bits per heavy atom. The summed E-state index contributed by atoms with van der Waals surface area (Å²) in [5, 5.41) is 5.75. The van der Waals surface area contributed by atoms with Crippen molar-refractivity contribution in [1.82, 2.24) is 14.6 Å². The van der Waals surface area contributed by atoms with Gasteiger partial charge in [-0.05, 0) is 23.6 Å². The lowest BCUT2D eigenvalue weighted by molar-refractivity contribution is 0.556. The van der Waals surface area contributed by atoms with Gasteiger partial charge in [0, 0.05) is 0 Å². The second kappa shape index (κ2) is 3.13. The molecule has 0 aliphatic heterocycles. The van der Waals surface area contributed by atoms with Crippen molar-refractivity contribution in [3.8, 4) is 10.6 Å². The molecule has 0 aliphatic rings.